The van der Waals surface area contributed by atoms with Gasteiger partial charge in [-0.15, -0.1) is 6.58 Å². The molecule has 6 nitrogen and oxygen atoms in total. The first-order valence-corrected chi connectivity index (χ1v) is 12.5. The summed E-state index contributed by atoms with van der Waals surface area (Å²) >= 11 is 0. The number of rotatable bonds is 12. The summed E-state index contributed by atoms with van der Waals surface area (Å²) in [6.45, 7) is 4.86. The lowest BCUT2D eigenvalue weighted by Crippen LogP contribution is -2.62. The molecule has 6 heteroatoms. The Morgan fingerprint density at radius 1 is 0.730 bits per heavy atom. The Morgan fingerprint density at radius 2 is 1.16 bits per heavy atom. The quantitative estimate of drug-likeness (QED) is 0.249. The smallest absolute Gasteiger partial charge is 0.337 e. The zero-order chi connectivity index (χ0) is 25.9. The van der Waals surface area contributed by atoms with E-state index < -0.39 is 36.5 Å². The van der Waals surface area contributed by atoms with Crippen LogP contribution in [0.15, 0.2) is 104 Å². The molecule has 1 fully saturated rings. The van der Waals surface area contributed by atoms with Gasteiger partial charge in [0.1, 0.15) is 18.3 Å². The summed E-state index contributed by atoms with van der Waals surface area (Å²) in [5, 5.41) is 0. The summed E-state index contributed by atoms with van der Waals surface area (Å²) in [6, 6.07) is 29.6. The molecular formula is C31H34O6. The highest BCUT2D eigenvalue weighted by Crippen LogP contribution is 2.32. The fraction of sp³-hybridized carbons (Fsp3) is 0.323. The molecule has 3 aromatic rings. The molecule has 37 heavy (non-hydrogen) atoms. The van der Waals surface area contributed by atoms with E-state index in [-0.39, 0.29) is 6.61 Å². The van der Waals surface area contributed by atoms with Gasteiger partial charge in [-0.3, -0.25) is 0 Å². The monoisotopic (exact) mass is 502 g/mol. The van der Waals surface area contributed by atoms with Gasteiger partial charge < -0.3 is 23.7 Å². The molecular weight excluding hydrogens is 468 g/mol. The van der Waals surface area contributed by atoms with Crippen molar-refractivity contribution in [2.75, 3.05) is 7.11 Å². The van der Waals surface area contributed by atoms with E-state index in [1.807, 2.05) is 91.0 Å². The molecule has 0 radical (unpaired) electrons. The fourth-order valence-corrected chi connectivity index (χ4v) is 4.45. The van der Waals surface area contributed by atoms with Crippen LogP contribution in [0.3, 0.4) is 0 Å². The van der Waals surface area contributed by atoms with Gasteiger partial charge in [0, 0.05) is 0 Å². The number of carbonyl (C=O) groups is 1. The Hall–Kier alpha value is -3.29. The van der Waals surface area contributed by atoms with E-state index in [1.165, 1.54) is 7.11 Å². The zero-order valence-corrected chi connectivity index (χ0v) is 21.1. The van der Waals surface area contributed by atoms with Gasteiger partial charge in [-0.1, -0.05) is 97.1 Å². The molecule has 5 atom stereocenters. The first-order chi connectivity index (χ1) is 18.2. The molecule has 1 aliphatic rings. The third kappa shape index (κ3) is 7.37. The van der Waals surface area contributed by atoms with Crippen LogP contribution in [-0.2, 0) is 48.3 Å². The molecule has 194 valence electrons. The first kappa shape index (κ1) is 26.8. The third-order valence-corrected chi connectivity index (χ3v) is 6.32. The van der Waals surface area contributed by atoms with Gasteiger partial charge in [0.15, 0.2) is 6.10 Å². The van der Waals surface area contributed by atoms with Crippen molar-refractivity contribution in [2.45, 2.75) is 56.8 Å². The van der Waals surface area contributed by atoms with Gasteiger partial charge in [-0.25, -0.2) is 4.79 Å². The van der Waals surface area contributed by atoms with Gasteiger partial charge in [0.05, 0.1) is 33.0 Å². The van der Waals surface area contributed by atoms with Gasteiger partial charge >= 0.3 is 5.97 Å². The molecule has 0 spiro atoms. The molecule has 0 aromatic heterocycles. The highest BCUT2D eigenvalue weighted by Gasteiger charge is 2.51. The number of hydrogen-bond acceptors (Lipinski definition) is 6. The van der Waals surface area contributed by atoms with Crippen LogP contribution in [0.1, 0.15) is 23.1 Å². The first-order valence-electron chi connectivity index (χ1n) is 12.5. The fourth-order valence-electron chi connectivity index (χ4n) is 4.45. The Kier molecular flexibility index (Phi) is 10.0. The van der Waals surface area contributed by atoms with Crippen molar-refractivity contribution in [3.63, 3.8) is 0 Å². The molecule has 4 rings (SSSR count). The second-order valence-corrected chi connectivity index (χ2v) is 8.93. The standard InChI is InChI=1S/C31H34O6/c1-3-13-26-27(34-20-23-14-7-4-8-15-23)28(35-21-24-16-9-5-10-17-24)29(30(37-26)31(32)33-2)36-22-25-18-11-6-12-19-25/h3-12,14-19,26-30H,1,13,20-22H2,2H3/t26-,27+,28-,29+,30+/m1/s1. The van der Waals surface area contributed by atoms with Crippen molar-refractivity contribution in [3.05, 3.63) is 120 Å². The minimum Gasteiger partial charge on any atom is -0.467 e. The minimum absolute atomic E-state index is 0.283. The zero-order valence-electron chi connectivity index (χ0n) is 21.1. The largest absolute Gasteiger partial charge is 0.467 e. The average Bonchev–Trinajstić information content (AvgIpc) is 2.95. The highest BCUT2D eigenvalue weighted by atomic mass is 16.6. The van der Waals surface area contributed by atoms with Gasteiger partial charge in [0.2, 0.25) is 0 Å². The van der Waals surface area contributed by atoms with Crippen LogP contribution in [0.4, 0.5) is 0 Å². The molecule has 0 bridgehead atoms. The van der Waals surface area contributed by atoms with E-state index in [1.54, 1.807) is 6.08 Å². The molecule has 0 amide bonds. The molecule has 0 N–H and O–H groups in total. The summed E-state index contributed by atoms with van der Waals surface area (Å²) < 4.78 is 30.7. The molecule has 1 aliphatic heterocycles. The van der Waals surface area contributed by atoms with Gasteiger partial charge in [-0.2, -0.15) is 0 Å². The normalized spacial score (nSPS) is 23.3. The topological polar surface area (TPSA) is 63.2 Å². The molecule has 1 saturated heterocycles. The Balaban J connectivity index is 1.64. The number of benzene rings is 3. The van der Waals surface area contributed by atoms with Gasteiger partial charge in [-0.05, 0) is 23.1 Å². The Morgan fingerprint density at radius 3 is 1.59 bits per heavy atom. The third-order valence-electron chi connectivity index (χ3n) is 6.32. The second-order valence-electron chi connectivity index (χ2n) is 8.93. The van der Waals surface area contributed by atoms with E-state index in [0.29, 0.717) is 19.6 Å². The van der Waals surface area contributed by atoms with Crippen molar-refractivity contribution >= 4 is 5.97 Å². The molecule has 0 aliphatic carbocycles. The van der Waals surface area contributed by atoms with Crippen LogP contribution < -0.4 is 0 Å². The van der Waals surface area contributed by atoms with Crippen LogP contribution in [0.5, 0.6) is 0 Å². The number of esters is 1. The number of methoxy groups -OCH3 is 1. The van der Waals surface area contributed by atoms with Crippen molar-refractivity contribution in [1.29, 1.82) is 0 Å². The van der Waals surface area contributed by atoms with Crippen LogP contribution in [0.2, 0.25) is 0 Å². The molecule has 3 aromatic carbocycles. The number of ether oxygens (including phenoxy) is 5. The van der Waals surface area contributed by atoms with Crippen molar-refractivity contribution in [3.8, 4) is 0 Å². The molecule has 1 heterocycles. The number of hydrogen-bond donors (Lipinski definition) is 0. The second kappa shape index (κ2) is 13.9. The van der Waals surface area contributed by atoms with Crippen molar-refractivity contribution in [2.24, 2.45) is 0 Å². The van der Waals surface area contributed by atoms with Crippen molar-refractivity contribution in [1.82, 2.24) is 0 Å². The predicted molar refractivity (Wildman–Crippen MR) is 141 cm³/mol. The SMILES string of the molecule is C=CC[C@H]1O[C@H](C(=O)OC)[C@@H](OCc2ccccc2)[C@H](OCc2ccccc2)[C@H]1OCc1ccccc1. The Bertz CT molecular complexity index is 1090. The van der Waals surface area contributed by atoms with Crippen LogP contribution >= 0.6 is 0 Å². The van der Waals surface area contributed by atoms with Crippen LogP contribution in [0.25, 0.3) is 0 Å². The van der Waals surface area contributed by atoms with E-state index in [9.17, 15) is 4.79 Å². The van der Waals surface area contributed by atoms with E-state index in [0.717, 1.165) is 16.7 Å². The summed E-state index contributed by atoms with van der Waals surface area (Å²) in [4.78, 5) is 12.9. The lowest BCUT2D eigenvalue weighted by molar-refractivity contribution is -0.264. The predicted octanol–water partition coefficient (Wildman–Crippen LogP) is 5.26. The highest BCUT2D eigenvalue weighted by molar-refractivity contribution is 5.75. The summed E-state index contributed by atoms with van der Waals surface area (Å²) in [6.07, 6.45) is -1.07. The van der Waals surface area contributed by atoms with Crippen molar-refractivity contribution < 1.29 is 28.5 Å². The maximum atomic E-state index is 12.9. The summed E-state index contributed by atoms with van der Waals surface area (Å²) in [5.41, 5.74) is 3.01. The Labute approximate surface area is 218 Å². The summed E-state index contributed by atoms with van der Waals surface area (Å²) in [7, 11) is 1.35. The lowest BCUT2D eigenvalue weighted by Gasteiger charge is -2.45. The molecule has 0 saturated carbocycles. The van der Waals surface area contributed by atoms with Crippen LogP contribution in [0, 0.1) is 0 Å². The van der Waals surface area contributed by atoms with Gasteiger partial charge in [0.25, 0.3) is 0 Å². The van der Waals surface area contributed by atoms with E-state index in [2.05, 4.69) is 6.58 Å². The molecule has 0 unspecified atom stereocenters. The van der Waals surface area contributed by atoms with Crippen LogP contribution in [-0.4, -0.2) is 43.6 Å². The summed E-state index contributed by atoms with van der Waals surface area (Å²) in [5.74, 6) is -0.512. The maximum absolute atomic E-state index is 12.9. The van der Waals surface area contributed by atoms with E-state index in [4.69, 9.17) is 23.7 Å². The van der Waals surface area contributed by atoms with E-state index >= 15 is 0 Å². The number of carbonyl (C=O) groups excluding carboxylic acids is 1. The minimum atomic E-state index is -0.976. The maximum Gasteiger partial charge on any atom is 0.337 e. The average molecular weight is 503 g/mol. The lowest BCUT2D eigenvalue weighted by atomic mass is 9.92.